The van der Waals surface area contributed by atoms with Crippen LogP contribution in [-0.4, -0.2) is 23.4 Å². The number of carbonyl (C=O) groups is 1. The maximum Gasteiger partial charge on any atom is 0.258 e. The molecule has 0 bridgehead atoms. The Bertz CT molecular complexity index is 496. The van der Waals surface area contributed by atoms with Crippen molar-refractivity contribution in [2.75, 3.05) is 6.54 Å². The molecule has 1 fully saturated rings. The first kappa shape index (κ1) is 11.5. The van der Waals surface area contributed by atoms with Crippen LogP contribution >= 0.6 is 0 Å². The second kappa shape index (κ2) is 4.50. The maximum atomic E-state index is 13.4. The summed E-state index contributed by atoms with van der Waals surface area (Å²) >= 11 is 0. The quantitative estimate of drug-likeness (QED) is 0.749. The Morgan fingerprint density at radius 2 is 2.24 bits per heavy atom. The molecule has 1 unspecified atom stereocenters. The molecule has 0 aromatic heterocycles. The van der Waals surface area contributed by atoms with Crippen molar-refractivity contribution in [2.24, 2.45) is 0 Å². The Morgan fingerprint density at radius 3 is 2.94 bits per heavy atom. The number of amides is 1. The summed E-state index contributed by atoms with van der Waals surface area (Å²) in [6.07, 6.45) is 1.29. The zero-order valence-electron chi connectivity index (χ0n) is 8.99. The summed E-state index contributed by atoms with van der Waals surface area (Å²) in [6.45, 7) is 0.410. The van der Waals surface area contributed by atoms with E-state index in [0.29, 0.717) is 19.4 Å². The van der Waals surface area contributed by atoms with Crippen LogP contribution in [0, 0.1) is 23.0 Å². The minimum Gasteiger partial charge on any atom is -0.323 e. The van der Waals surface area contributed by atoms with Gasteiger partial charge in [-0.15, -0.1) is 0 Å². The molecule has 1 aliphatic rings. The molecule has 88 valence electrons. The lowest BCUT2D eigenvalue weighted by atomic mass is 10.1. The summed E-state index contributed by atoms with van der Waals surface area (Å²) in [4.78, 5) is 13.2. The fourth-order valence-corrected chi connectivity index (χ4v) is 1.96. The summed E-state index contributed by atoms with van der Waals surface area (Å²) in [6, 6.07) is 4.19. The van der Waals surface area contributed by atoms with E-state index in [9.17, 15) is 13.6 Å². The molecule has 0 aliphatic carbocycles. The first-order chi connectivity index (χ1) is 8.13. The lowest BCUT2D eigenvalue weighted by Gasteiger charge is -2.19. The zero-order chi connectivity index (χ0) is 12.4. The fourth-order valence-electron chi connectivity index (χ4n) is 1.96. The van der Waals surface area contributed by atoms with Gasteiger partial charge in [0.2, 0.25) is 0 Å². The standard InChI is InChI=1S/C12H10F2N2O/c13-8-3-4-11(14)10(6-8)12(17)16-5-1-2-9(16)7-15/h3-4,6,9H,1-2,5H2. The van der Waals surface area contributed by atoms with Crippen LogP contribution in [0.5, 0.6) is 0 Å². The summed E-state index contributed by atoms with van der Waals surface area (Å²) in [5, 5.41) is 8.84. The highest BCUT2D eigenvalue weighted by atomic mass is 19.1. The highest BCUT2D eigenvalue weighted by Crippen LogP contribution is 2.21. The Morgan fingerprint density at radius 1 is 1.47 bits per heavy atom. The second-order valence-electron chi connectivity index (χ2n) is 3.91. The molecule has 1 aromatic rings. The van der Waals surface area contributed by atoms with E-state index in [1.165, 1.54) is 4.90 Å². The van der Waals surface area contributed by atoms with Crippen LogP contribution in [0.1, 0.15) is 23.2 Å². The third-order valence-electron chi connectivity index (χ3n) is 2.82. The van der Waals surface area contributed by atoms with E-state index in [2.05, 4.69) is 0 Å². The number of nitrogens with zero attached hydrogens (tertiary/aromatic N) is 2. The van der Waals surface area contributed by atoms with E-state index in [1.54, 1.807) is 0 Å². The van der Waals surface area contributed by atoms with E-state index >= 15 is 0 Å². The molecule has 2 rings (SSSR count). The van der Waals surface area contributed by atoms with Crippen molar-refractivity contribution in [3.63, 3.8) is 0 Å². The van der Waals surface area contributed by atoms with Gasteiger partial charge in [0.1, 0.15) is 17.7 Å². The zero-order valence-corrected chi connectivity index (χ0v) is 8.99. The van der Waals surface area contributed by atoms with Crippen LogP contribution in [0.25, 0.3) is 0 Å². The average molecular weight is 236 g/mol. The Balaban J connectivity index is 2.31. The molecular formula is C12H10F2N2O. The van der Waals surface area contributed by atoms with Crippen molar-refractivity contribution in [3.05, 3.63) is 35.4 Å². The van der Waals surface area contributed by atoms with Crippen LogP contribution in [0.3, 0.4) is 0 Å². The number of carbonyl (C=O) groups excluding carboxylic acids is 1. The molecule has 17 heavy (non-hydrogen) atoms. The van der Waals surface area contributed by atoms with E-state index in [1.807, 2.05) is 6.07 Å². The minimum atomic E-state index is -0.764. The molecule has 1 amide bonds. The Labute approximate surface area is 97.3 Å². The molecule has 0 radical (unpaired) electrons. The molecule has 1 atom stereocenters. The molecular weight excluding hydrogens is 226 g/mol. The molecule has 5 heteroatoms. The summed E-state index contributed by atoms with van der Waals surface area (Å²) in [7, 11) is 0. The normalized spacial score (nSPS) is 19.1. The second-order valence-corrected chi connectivity index (χ2v) is 3.91. The van der Waals surface area contributed by atoms with Gasteiger partial charge < -0.3 is 4.90 Å². The molecule has 0 N–H and O–H groups in total. The molecule has 0 spiro atoms. The molecule has 1 aromatic carbocycles. The van der Waals surface area contributed by atoms with Crippen LogP contribution < -0.4 is 0 Å². The fraction of sp³-hybridized carbons (Fsp3) is 0.333. The van der Waals surface area contributed by atoms with Crippen LogP contribution in [0.15, 0.2) is 18.2 Å². The van der Waals surface area contributed by atoms with Gasteiger partial charge in [0.25, 0.3) is 5.91 Å². The van der Waals surface area contributed by atoms with Gasteiger partial charge >= 0.3 is 0 Å². The number of benzene rings is 1. The van der Waals surface area contributed by atoms with Gasteiger partial charge in [-0.1, -0.05) is 0 Å². The number of nitriles is 1. The predicted octanol–water partition coefficient (Wildman–Crippen LogP) is 2.09. The van der Waals surface area contributed by atoms with Gasteiger partial charge in [-0.05, 0) is 31.0 Å². The maximum absolute atomic E-state index is 13.4. The minimum absolute atomic E-state index is 0.313. The third-order valence-corrected chi connectivity index (χ3v) is 2.82. The summed E-state index contributed by atoms with van der Waals surface area (Å²) < 4.78 is 26.4. The molecule has 3 nitrogen and oxygen atoms in total. The Hall–Kier alpha value is -1.96. The highest BCUT2D eigenvalue weighted by Gasteiger charge is 2.30. The molecule has 1 heterocycles. The summed E-state index contributed by atoms with van der Waals surface area (Å²) in [5.74, 6) is -2.05. The number of rotatable bonds is 1. The van der Waals surface area contributed by atoms with Crippen LogP contribution in [-0.2, 0) is 0 Å². The number of halogens is 2. The van der Waals surface area contributed by atoms with Gasteiger partial charge in [-0.2, -0.15) is 5.26 Å². The Kier molecular flexibility index (Phi) is 3.05. The SMILES string of the molecule is N#CC1CCCN1C(=O)c1cc(F)ccc1F. The van der Waals surface area contributed by atoms with Gasteiger partial charge in [0.05, 0.1) is 11.6 Å². The predicted molar refractivity (Wildman–Crippen MR) is 56.0 cm³/mol. The highest BCUT2D eigenvalue weighted by molar-refractivity contribution is 5.95. The van der Waals surface area contributed by atoms with Crippen molar-refractivity contribution in [3.8, 4) is 6.07 Å². The summed E-state index contributed by atoms with van der Waals surface area (Å²) in [5.41, 5.74) is -0.313. The third kappa shape index (κ3) is 2.11. The average Bonchev–Trinajstić information content (AvgIpc) is 2.79. The van der Waals surface area contributed by atoms with Crippen LogP contribution in [0.2, 0.25) is 0 Å². The number of hydrogen-bond donors (Lipinski definition) is 0. The van der Waals surface area contributed by atoms with E-state index in [4.69, 9.17) is 5.26 Å². The molecule has 0 saturated carbocycles. The van der Waals surface area contributed by atoms with Crippen LogP contribution in [0.4, 0.5) is 8.78 Å². The van der Waals surface area contributed by atoms with Crippen molar-refractivity contribution in [1.82, 2.24) is 4.90 Å². The van der Waals surface area contributed by atoms with Gasteiger partial charge in [-0.3, -0.25) is 4.79 Å². The van der Waals surface area contributed by atoms with Crippen molar-refractivity contribution < 1.29 is 13.6 Å². The topological polar surface area (TPSA) is 44.1 Å². The van der Waals surface area contributed by atoms with Gasteiger partial charge in [0, 0.05) is 6.54 Å². The first-order valence-electron chi connectivity index (χ1n) is 5.29. The smallest absolute Gasteiger partial charge is 0.258 e. The lowest BCUT2D eigenvalue weighted by Crippen LogP contribution is -2.35. The van der Waals surface area contributed by atoms with Gasteiger partial charge in [0.15, 0.2) is 0 Å². The molecule has 1 aliphatic heterocycles. The van der Waals surface area contributed by atoms with E-state index < -0.39 is 23.6 Å². The lowest BCUT2D eigenvalue weighted by molar-refractivity contribution is 0.0759. The van der Waals surface area contributed by atoms with E-state index in [0.717, 1.165) is 18.2 Å². The number of hydrogen-bond acceptors (Lipinski definition) is 2. The van der Waals surface area contributed by atoms with Crippen molar-refractivity contribution >= 4 is 5.91 Å². The first-order valence-corrected chi connectivity index (χ1v) is 5.29. The molecule has 1 saturated heterocycles. The largest absolute Gasteiger partial charge is 0.323 e. The van der Waals surface area contributed by atoms with Crippen molar-refractivity contribution in [2.45, 2.75) is 18.9 Å². The van der Waals surface area contributed by atoms with Gasteiger partial charge in [-0.25, -0.2) is 8.78 Å². The van der Waals surface area contributed by atoms with E-state index in [-0.39, 0.29) is 5.56 Å². The monoisotopic (exact) mass is 236 g/mol. The number of likely N-dealkylation sites (tertiary alicyclic amines) is 1. The van der Waals surface area contributed by atoms with Crippen molar-refractivity contribution in [1.29, 1.82) is 5.26 Å².